The van der Waals surface area contributed by atoms with Crippen LogP contribution in [-0.4, -0.2) is 31.3 Å². The van der Waals surface area contributed by atoms with Crippen LogP contribution in [0.1, 0.15) is 61.1 Å². The van der Waals surface area contributed by atoms with Gasteiger partial charge in [-0.2, -0.15) is 13.5 Å². The molecule has 202 valence electrons. The van der Waals surface area contributed by atoms with Crippen LogP contribution in [0.15, 0.2) is 0 Å². The maximum Gasteiger partial charge on any atom is 1.00 e. The molecule has 12 heteroatoms. The number of rotatable bonds is 12. The van der Waals surface area contributed by atoms with E-state index >= 15 is 0 Å². The first kappa shape index (κ1) is 41.9. The summed E-state index contributed by atoms with van der Waals surface area (Å²) in [5.74, 6) is 23.3. The fourth-order valence-corrected chi connectivity index (χ4v) is 2.30. The molecule has 8 nitrogen and oxygen atoms in total. The number of hydrogen-bond acceptors (Lipinski definition) is 8. The first-order valence-electron chi connectivity index (χ1n) is 9.78. The predicted octanol–water partition coefficient (Wildman–Crippen LogP) is -2.88. The van der Waals surface area contributed by atoms with E-state index in [1.54, 1.807) is 0 Å². The van der Waals surface area contributed by atoms with E-state index in [0.29, 0.717) is 6.42 Å². The maximum absolute atomic E-state index is 11.9. The van der Waals surface area contributed by atoms with E-state index in [-0.39, 0.29) is 94.7 Å². The van der Waals surface area contributed by atoms with Crippen molar-refractivity contribution in [3.05, 3.63) is 0 Å². The number of phosphoric ester groups is 1. The molecular formula is C24H45Na2O8PS. The molecule has 0 aromatic rings. The quantitative estimate of drug-likeness (QED) is 0.0613. The Balaban J connectivity index is -0.0000000563. The smallest absolute Gasteiger partial charge is 0.790 e. The molecule has 0 unspecified atom stereocenters. The van der Waals surface area contributed by atoms with Crippen LogP contribution in [0.25, 0.3) is 0 Å². The molecule has 1 atom stereocenters. The van der Waals surface area contributed by atoms with Crippen molar-refractivity contribution in [2.45, 2.75) is 51.6 Å². The van der Waals surface area contributed by atoms with Gasteiger partial charge < -0.3 is 28.3 Å². The molecule has 0 fully saturated rings. The molecule has 0 aliphatic heterocycles. The molecule has 0 amide bonds. The zero-order valence-corrected chi connectivity index (χ0v) is 26.4. The van der Waals surface area contributed by atoms with Crippen LogP contribution < -0.4 is 68.9 Å². The Hall–Kier alpha value is -1.24. The van der Waals surface area contributed by atoms with E-state index in [9.17, 15) is 23.9 Å². The Kier molecular flexibility index (Phi) is 33.0. The van der Waals surface area contributed by atoms with Crippen molar-refractivity contribution in [1.29, 1.82) is 0 Å². The standard InChI is InChI=1S/C24H23O8P.2Na.H2S.11H2/c1-3-5-7-9-10-11-12-13-15-16-18-23(25)30-20-22(21-31-33(27,28)29)32-24(26)19-17-14-8-6-4-2;;;;;;;;;;;;;;/h1,22H,4,6,8,14,17,19-21H2,2H3,(H2,27,28,29);;;1H2;11*1H/q;2*+1;;;;;;;;;;;;/p-2/t22-;;;;;;;;;;;;;;/m0............../s1. The summed E-state index contributed by atoms with van der Waals surface area (Å²) < 4.78 is 24.6. The monoisotopic (exact) mass is 570 g/mol. The molecule has 0 N–H and O–H groups in total. The number of carbonyl (C=O) groups excluding carboxylic acids is 2. The van der Waals surface area contributed by atoms with E-state index in [4.69, 9.17) is 15.9 Å². The molecule has 36 heavy (non-hydrogen) atoms. The number of terminal acetylenes is 1. The van der Waals surface area contributed by atoms with Gasteiger partial charge in [0.25, 0.3) is 0 Å². The second kappa shape index (κ2) is 28.3. The predicted molar refractivity (Wildman–Crippen MR) is 149 cm³/mol. The molecule has 0 spiro atoms. The average molecular weight is 571 g/mol. The van der Waals surface area contributed by atoms with Gasteiger partial charge >= 0.3 is 71.1 Å². The van der Waals surface area contributed by atoms with Crippen LogP contribution in [0, 0.1) is 71.5 Å². The van der Waals surface area contributed by atoms with Gasteiger partial charge in [-0.3, -0.25) is 4.79 Å². The molecule has 0 saturated carbocycles. The van der Waals surface area contributed by atoms with Crippen LogP contribution in [0.3, 0.4) is 0 Å². The topological polar surface area (TPSA) is 125 Å². The van der Waals surface area contributed by atoms with Gasteiger partial charge in [0.1, 0.15) is 6.61 Å². The largest absolute Gasteiger partial charge is 1.00 e. The Labute approximate surface area is 280 Å². The number of esters is 2. The van der Waals surface area contributed by atoms with Gasteiger partial charge in [0.2, 0.25) is 0 Å². The molecule has 0 aromatic heterocycles. The van der Waals surface area contributed by atoms with Crippen molar-refractivity contribution < 1.29 is 113 Å². The fraction of sp³-hybridized carbons (Fsp3) is 0.417. The zero-order valence-electron chi connectivity index (χ0n) is 20.5. The molecule has 0 radical (unpaired) electrons. The van der Waals surface area contributed by atoms with E-state index in [0.717, 1.165) is 25.7 Å². The summed E-state index contributed by atoms with van der Waals surface area (Å²) >= 11 is 0. The Morgan fingerprint density at radius 1 is 0.889 bits per heavy atom. The van der Waals surface area contributed by atoms with Gasteiger partial charge in [-0.05, 0) is 65.6 Å². The van der Waals surface area contributed by atoms with Gasteiger partial charge in [-0.1, -0.05) is 32.6 Å². The molecular weight excluding hydrogens is 525 g/mol. The summed E-state index contributed by atoms with van der Waals surface area (Å²) in [5.41, 5.74) is 0. The molecule has 0 aliphatic rings. The molecule has 0 aromatic carbocycles. The Morgan fingerprint density at radius 3 is 1.94 bits per heavy atom. The maximum atomic E-state index is 11.9. The SMILES string of the molecule is C#CC#CC#CC#CC#CC#CC(=O)OC[C@@H](COP(=O)([O-])[O-])OC(=O)CCCCCCC.S.[HH].[HH].[HH].[HH].[HH].[HH].[HH].[HH].[HH].[HH].[HH].[Na+].[Na+]. The summed E-state index contributed by atoms with van der Waals surface area (Å²) in [6.45, 7) is 0.720. The van der Waals surface area contributed by atoms with Crippen molar-refractivity contribution in [3.8, 4) is 71.5 Å². The van der Waals surface area contributed by atoms with E-state index in [1.165, 1.54) is 0 Å². The number of carbonyl (C=O) groups is 2. The summed E-state index contributed by atoms with van der Waals surface area (Å²) in [6, 6.07) is 0. The molecule has 0 heterocycles. The second-order valence-corrected chi connectivity index (χ2v) is 7.16. The van der Waals surface area contributed by atoms with Gasteiger partial charge in [-0.15, -0.1) is 6.42 Å². The molecule has 0 rings (SSSR count). The number of ether oxygens (including phenoxy) is 2. The normalized spacial score (nSPS) is 8.94. The van der Waals surface area contributed by atoms with Crippen molar-refractivity contribution in [2.75, 3.05) is 13.2 Å². The van der Waals surface area contributed by atoms with E-state index in [1.807, 2.05) is 5.92 Å². The van der Waals surface area contributed by atoms with Crippen LogP contribution in [-0.2, 0) is 28.2 Å². The minimum absolute atomic E-state index is 0. The minimum Gasteiger partial charge on any atom is -0.790 e. The van der Waals surface area contributed by atoms with Crippen molar-refractivity contribution in [2.24, 2.45) is 0 Å². The summed E-state index contributed by atoms with van der Waals surface area (Å²) in [7, 11) is -5.30. The van der Waals surface area contributed by atoms with Crippen molar-refractivity contribution >= 4 is 33.3 Å². The minimum atomic E-state index is -5.30. The van der Waals surface area contributed by atoms with Crippen molar-refractivity contribution in [3.63, 3.8) is 0 Å². The van der Waals surface area contributed by atoms with Gasteiger partial charge in [0, 0.05) is 28.0 Å². The van der Waals surface area contributed by atoms with Crippen LogP contribution >= 0.6 is 21.3 Å². The molecule has 0 saturated heterocycles. The first-order valence-corrected chi connectivity index (χ1v) is 11.2. The average Bonchev–Trinajstić information content (AvgIpc) is 2.76. The third kappa shape index (κ3) is 30.8. The van der Waals surface area contributed by atoms with Crippen LogP contribution in [0.2, 0.25) is 0 Å². The van der Waals surface area contributed by atoms with Gasteiger partial charge in [0.15, 0.2) is 6.10 Å². The summed E-state index contributed by atoms with van der Waals surface area (Å²) in [4.78, 5) is 44.9. The number of phosphoric acid groups is 1. The zero-order chi connectivity index (χ0) is 24.8. The van der Waals surface area contributed by atoms with Gasteiger partial charge in [0.05, 0.1) is 14.4 Å². The van der Waals surface area contributed by atoms with E-state index in [2.05, 4.69) is 70.7 Å². The third-order valence-electron chi connectivity index (χ3n) is 3.34. The van der Waals surface area contributed by atoms with E-state index < -0.39 is 39.1 Å². The summed E-state index contributed by atoms with van der Waals surface area (Å²) in [6.07, 6.45) is 8.22. The van der Waals surface area contributed by atoms with Crippen LogP contribution in [0.5, 0.6) is 0 Å². The summed E-state index contributed by atoms with van der Waals surface area (Å²) in [5, 5.41) is 0. The van der Waals surface area contributed by atoms with Crippen LogP contribution in [0.4, 0.5) is 0 Å². The van der Waals surface area contributed by atoms with Crippen molar-refractivity contribution in [1.82, 2.24) is 0 Å². The van der Waals surface area contributed by atoms with Gasteiger partial charge in [-0.25, -0.2) is 4.79 Å². The molecule has 0 aliphatic carbocycles. The Bertz CT molecular complexity index is 1110. The Morgan fingerprint density at radius 2 is 1.42 bits per heavy atom. The number of hydrogen-bond donors (Lipinski definition) is 0. The number of unbranched alkanes of at least 4 members (excludes halogenated alkanes) is 4. The third-order valence-corrected chi connectivity index (χ3v) is 3.80. The fourth-order valence-electron chi connectivity index (χ4n) is 1.95. The molecule has 0 bridgehead atoms. The first-order chi connectivity index (χ1) is 15.8. The second-order valence-electron chi connectivity index (χ2n) is 6.01.